The van der Waals surface area contributed by atoms with Gasteiger partial charge in [0.1, 0.15) is 0 Å². The van der Waals surface area contributed by atoms with Crippen LogP contribution in [-0.4, -0.2) is 8.07 Å². The summed E-state index contributed by atoms with van der Waals surface area (Å²) in [5, 5.41) is 1.53. The molecule has 152 valence electrons. The van der Waals surface area contributed by atoms with Gasteiger partial charge in [0.25, 0.3) is 0 Å². The Morgan fingerprint density at radius 2 is 1.41 bits per heavy atom. The Labute approximate surface area is 179 Å². The number of terminal acetylenes is 1. The highest BCUT2D eigenvalue weighted by atomic mass is 79.9. The minimum Gasteiger partial charge on any atom is -0.115 e. The van der Waals surface area contributed by atoms with Crippen LogP contribution in [0.15, 0.2) is 16.6 Å². The second kappa shape index (κ2) is 11.5. The molecule has 1 aromatic carbocycles. The van der Waals surface area contributed by atoms with E-state index in [2.05, 4.69) is 82.4 Å². The summed E-state index contributed by atoms with van der Waals surface area (Å²) in [5.41, 5.74) is 4.51. The van der Waals surface area contributed by atoms with Gasteiger partial charge in [-0.15, -0.1) is 6.42 Å². The van der Waals surface area contributed by atoms with Gasteiger partial charge in [0, 0.05) is 10.0 Å². The molecule has 0 heterocycles. The van der Waals surface area contributed by atoms with Crippen molar-refractivity contribution in [2.45, 2.75) is 110 Å². The Kier molecular flexibility index (Phi) is 10.4. The van der Waals surface area contributed by atoms with Gasteiger partial charge in [-0.2, -0.15) is 0 Å². The molecule has 0 aliphatic carbocycles. The number of benzene rings is 1. The zero-order valence-corrected chi connectivity index (χ0v) is 21.4. The van der Waals surface area contributed by atoms with Crippen molar-refractivity contribution in [1.29, 1.82) is 0 Å². The lowest BCUT2D eigenvalue weighted by molar-refractivity contribution is 0.607. The summed E-state index contributed by atoms with van der Waals surface area (Å²) in [7, 11) is -1.71. The molecule has 0 saturated heterocycles. The lowest BCUT2D eigenvalue weighted by atomic mass is 10.0. The van der Waals surface area contributed by atoms with Gasteiger partial charge in [-0.05, 0) is 56.1 Å². The summed E-state index contributed by atoms with van der Waals surface area (Å²) in [6.07, 6.45) is 15.0. The molecule has 0 aliphatic rings. The number of hydrogen-bond donors (Lipinski definition) is 0. The third-order valence-electron chi connectivity index (χ3n) is 6.50. The van der Waals surface area contributed by atoms with Gasteiger partial charge in [0.2, 0.25) is 0 Å². The standard InChI is InChI=1S/C25H41BrSi/c1-9-11-12-13-14-15-16-22-17-18-24(25(26)23(22)10-2)27(19(3)4,20(5)6)21(7)8/h2,17-21H,9,11-16H2,1,3-8H3. The molecule has 0 bridgehead atoms. The molecule has 0 radical (unpaired) electrons. The molecule has 1 rings (SSSR count). The summed E-state index contributed by atoms with van der Waals surface area (Å²) in [5.74, 6) is 3.03. The third kappa shape index (κ3) is 5.51. The number of aryl methyl sites for hydroxylation is 1. The van der Waals surface area contributed by atoms with E-state index in [1.54, 1.807) is 0 Å². The molecule has 0 spiro atoms. The molecule has 0 N–H and O–H groups in total. The minimum atomic E-state index is -1.71. The molecular weight excluding hydrogens is 408 g/mol. The highest BCUT2D eigenvalue weighted by Crippen LogP contribution is 2.43. The summed E-state index contributed by atoms with van der Waals surface area (Å²) in [6.45, 7) is 16.8. The topological polar surface area (TPSA) is 0 Å². The van der Waals surface area contributed by atoms with Crippen LogP contribution < -0.4 is 5.19 Å². The van der Waals surface area contributed by atoms with Gasteiger partial charge in [-0.1, -0.05) is 98.6 Å². The quantitative estimate of drug-likeness (QED) is 0.181. The first-order valence-corrected chi connectivity index (χ1v) is 14.1. The van der Waals surface area contributed by atoms with Crippen molar-refractivity contribution in [2.75, 3.05) is 0 Å². The van der Waals surface area contributed by atoms with Crippen molar-refractivity contribution in [1.82, 2.24) is 0 Å². The third-order valence-corrected chi connectivity index (χ3v) is 14.8. The van der Waals surface area contributed by atoms with E-state index in [1.807, 2.05) is 0 Å². The van der Waals surface area contributed by atoms with Crippen LogP contribution in [0, 0.1) is 12.3 Å². The predicted octanol–water partition coefficient (Wildman–Crippen LogP) is 8.22. The normalized spacial score (nSPS) is 12.2. The zero-order chi connectivity index (χ0) is 20.6. The number of rotatable bonds is 11. The maximum absolute atomic E-state index is 6.00. The van der Waals surface area contributed by atoms with Crippen LogP contribution in [0.25, 0.3) is 0 Å². The molecule has 0 amide bonds. The predicted molar refractivity (Wildman–Crippen MR) is 130 cm³/mol. The van der Waals surface area contributed by atoms with Gasteiger partial charge in [0.05, 0.1) is 8.07 Å². The maximum atomic E-state index is 6.00. The highest BCUT2D eigenvalue weighted by Gasteiger charge is 2.45. The van der Waals surface area contributed by atoms with Crippen LogP contribution in [0.2, 0.25) is 16.6 Å². The van der Waals surface area contributed by atoms with E-state index in [0.29, 0.717) is 16.6 Å². The summed E-state index contributed by atoms with van der Waals surface area (Å²) < 4.78 is 1.22. The van der Waals surface area contributed by atoms with E-state index >= 15 is 0 Å². The Bertz CT molecular complexity index is 600. The smallest absolute Gasteiger partial charge is 0.0957 e. The van der Waals surface area contributed by atoms with Crippen molar-refractivity contribution in [3.8, 4) is 12.3 Å². The summed E-state index contributed by atoms with van der Waals surface area (Å²) >= 11 is 3.97. The van der Waals surface area contributed by atoms with Gasteiger partial charge in [0.15, 0.2) is 0 Å². The van der Waals surface area contributed by atoms with Crippen molar-refractivity contribution >= 4 is 29.2 Å². The Morgan fingerprint density at radius 3 is 1.89 bits per heavy atom. The van der Waals surface area contributed by atoms with E-state index in [4.69, 9.17) is 6.42 Å². The lowest BCUT2D eigenvalue weighted by Crippen LogP contribution is -2.56. The SMILES string of the molecule is C#Cc1c(CCCCCCCC)ccc([Si](C(C)C)(C(C)C)C(C)C)c1Br. The zero-order valence-electron chi connectivity index (χ0n) is 18.8. The highest BCUT2D eigenvalue weighted by molar-refractivity contribution is 9.10. The van der Waals surface area contributed by atoms with E-state index in [0.717, 1.165) is 12.0 Å². The number of halogens is 1. The monoisotopic (exact) mass is 448 g/mol. The van der Waals surface area contributed by atoms with Crippen LogP contribution in [-0.2, 0) is 6.42 Å². The van der Waals surface area contributed by atoms with Crippen LogP contribution in [0.3, 0.4) is 0 Å². The Hall–Kier alpha value is -0.523. The van der Waals surface area contributed by atoms with E-state index in [1.165, 1.54) is 53.7 Å². The van der Waals surface area contributed by atoms with Gasteiger partial charge >= 0.3 is 0 Å². The van der Waals surface area contributed by atoms with Crippen LogP contribution in [0.1, 0.15) is 98.1 Å². The molecule has 1 aromatic rings. The van der Waals surface area contributed by atoms with Crippen LogP contribution >= 0.6 is 15.9 Å². The second-order valence-electron chi connectivity index (χ2n) is 9.02. The van der Waals surface area contributed by atoms with Crippen molar-refractivity contribution in [3.05, 3.63) is 27.7 Å². The summed E-state index contributed by atoms with van der Waals surface area (Å²) in [4.78, 5) is 0. The molecule has 0 aromatic heterocycles. The van der Waals surface area contributed by atoms with E-state index in [-0.39, 0.29) is 0 Å². The fraction of sp³-hybridized carbons (Fsp3) is 0.680. The van der Waals surface area contributed by atoms with Crippen LogP contribution in [0.5, 0.6) is 0 Å². The fourth-order valence-electron chi connectivity index (χ4n) is 5.34. The maximum Gasteiger partial charge on any atom is 0.0957 e. The van der Waals surface area contributed by atoms with Gasteiger partial charge < -0.3 is 0 Å². The molecule has 27 heavy (non-hydrogen) atoms. The largest absolute Gasteiger partial charge is 0.115 e. The van der Waals surface area contributed by atoms with Crippen molar-refractivity contribution < 1.29 is 0 Å². The molecular formula is C25H41BrSi. The minimum absolute atomic E-state index is 0.684. The van der Waals surface area contributed by atoms with E-state index in [9.17, 15) is 0 Å². The lowest BCUT2D eigenvalue weighted by Gasteiger charge is -2.44. The van der Waals surface area contributed by atoms with Crippen LogP contribution in [0.4, 0.5) is 0 Å². The first-order chi connectivity index (χ1) is 12.7. The number of unbranched alkanes of at least 4 members (excludes halogenated alkanes) is 5. The first kappa shape index (κ1) is 24.5. The summed E-state index contributed by atoms with van der Waals surface area (Å²) in [6, 6.07) is 4.76. The first-order valence-electron chi connectivity index (χ1n) is 11.0. The molecule has 0 atom stereocenters. The molecule has 2 heteroatoms. The molecule has 0 nitrogen and oxygen atoms in total. The van der Waals surface area contributed by atoms with Gasteiger partial charge in [-0.25, -0.2) is 0 Å². The molecule has 0 aliphatic heterocycles. The van der Waals surface area contributed by atoms with Crippen molar-refractivity contribution in [2.24, 2.45) is 0 Å². The van der Waals surface area contributed by atoms with Gasteiger partial charge in [-0.3, -0.25) is 0 Å². The second-order valence-corrected chi connectivity index (χ2v) is 15.7. The average Bonchev–Trinajstić information content (AvgIpc) is 2.59. The Balaban J connectivity index is 3.17. The fourth-order valence-corrected chi connectivity index (χ4v) is 13.6. The van der Waals surface area contributed by atoms with Crippen molar-refractivity contribution in [3.63, 3.8) is 0 Å². The average molecular weight is 450 g/mol. The van der Waals surface area contributed by atoms with E-state index < -0.39 is 8.07 Å². The number of hydrogen-bond acceptors (Lipinski definition) is 0. The molecule has 0 saturated carbocycles. The molecule has 0 unspecified atom stereocenters. The molecule has 0 fully saturated rings. The Morgan fingerprint density at radius 1 is 0.889 bits per heavy atom.